The van der Waals surface area contributed by atoms with Gasteiger partial charge >= 0.3 is 5.97 Å². The van der Waals surface area contributed by atoms with Gasteiger partial charge in [0.15, 0.2) is 0 Å². The number of carbonyl (C=O) groups is 1. The molecule has 5 nitrogen and oxygen atoms in total. The van der Waals surface area contributed by atoms with Crippen LogP contribution in [-0.2, 0) is 0 Å². The fourth-order valence-corrected chi connectivity index (χ4v) is 2.73. The molecule has 1 aromatic heterocycles. The number of halogens is 1. The van der Waals surface area contributed by atoms with Crippen LogP contribution in [-0.4, -0.2) is 21.2 Å². The Morgan fingerprint density at radius 1 is 1.21 bits per heavy atom. The molecule has 1 N–H and O–H groups in total. The smallest absolute Gasteiger partial charge is 0.335 e. The van der Waals surface area contributed by atoms with Gasteiger partial charge in [-0.3, -0.25) is 0 Å². The molecule has 3 rings (SSSR count). The number of aromatic nitrogens is 2. The van der Waals surface area contributed by atoms with Crippen LogP contribution in [0.5, 0.6) is 0 Å². The van der Waals surface area contributed by atoms with E-state index in [1.165, 1.54) is 12.1 Å². The van der Waals surface area contributed by atoms with E-state index in [0.717, 1.165) is 5.56 Å². The third-order valence-corrected chi connectivity index (χ3v) is 3.88. The molecule has 0 aliphatic carbocycles. The topological polar surface area (TPSA) is 76.2 Å². The summed E-state index contributed by atoms with van der Waals surface area (Å²) in [5.74, 6) is -1.16. The van der Waals surface area contributed by atoms with E-state index in [2.05, 4.69) is 10.1 Å². The first kappa shape index (κ1) is 15.9. The van der Waals surface area contributed by atoms with Gasteiger partial charge < -0.3 is 9.63 Å². The first-order valence-corrected chi connectivity index (χ1v) is 7.32. The van der Waals surface area contributed by atoms with E-state index < -0.39 is 11.8 Å². The van der Waals surface area contributed by atoms with E-state index >= 15 is 0 Å². The van der Waals surface area contributed by atoms with Gasteiger partial charge in [0.25, 0.3) is 5.89 Å². The first-order chi connectivity index (χ1) is 11.4. The number of aryl methyl sites for hydroxylation is 2. The van der Waals surface area contributed by atoms with Crippen LogP contribution in [0.4, 0.5) is 4.39 Å². The van der Waals surface area contributed by atoms with Crippen molar-refractivity contribution in [2.24, 2.45) is 0 Å². The Morgan fingerprint density at radius 2 is 1.96 bits per heavy atom. The standard InChI is InChI=1S/C18H15FN2O3/c1-9-7-10(2)15(14(19)8-9)17-20-16(21-24-17)12-5-4-6-13(11(12)3)18(22)23/h4-8H,1-3H3,(H,22,23). The van der Waals surface area contributed by atoms with Gasteiger partial charge in [0.1, 0.15) is 5.82 Å². The average Bonchev–Trinajstić information content (AvgIpc) is 2.95. The maximum Gasteiger partial charge on any atom is 0.335 e. The van der Waals surface area contributed by atoms with Crippen LogP contribution in [0.15, 0.2) is 34.9 Å². The molecular formula is C18H15FN2O3. The van der Waals surface area contributed by atoms with Gasteiger partial charge in [-0.2, -0.15) is 4.98 Å². The fourth-order valence-electron chi connectivity index (χ4n) is 2.73. The van der Waals surface area contributed by atoms with Crippen molar-refractivity contribution >= 4 is 5.97 Å². The fraction of sp³-hybridized carbons (Fsp3) is 0.167. The molecule has 0 saturated carbocycles. The molecule has 122 valence electrons. The number of hydrogen-bond donors (Lipinski definition) is 1. The molecule has 0 saturated heterocycles. The lowest BCUT2D eigenvalue weighted by atomic mass is 10.0. The molecule has 3 aromatic rings. The van der Waals surface area contributed by atoms with Crippen molar-refractivity contribution < 1.29 is 18.8 Å². The number of carboxylic acids is 1. The lowest BCUT2D eigenvalue weighted by Gasteiger charge is -2.05. The SMILES string of the molecule is Cc1cc(C)c(-c2nc(-c3cccc(C(=O)O)c3C)no2)c(F)c1. The number of hydrogen-bond acceptors (Lipinski definition) is 4. The van der Waals surface area contributed by atoms with Gasteiger partial charge in [-0.1, -0.05) is 23.4 Å². The Balaban J connectivity index is 2.10. The zero-order valence-corrected chi connectivity index (χ0v) is 13.4. The summed E-state index contributed by atoms with van der Waals surface area (Å²) in [6.07, 6.45) is 0. The second kappa shape index (κ2) is 5.88. The van der Waals surface area contributed by atoms with Crippen molar-refractivity contribution in [2.75, 3.05) is 0 Å². The van der Waals surface area contributed by atoms with Crippen LogP contribution in [0.2, 0.25) is 0 Å². The summed E-state index contributed by atoms with van der Waals surface area (Å²) in [4.78, 5) is 15.5. The highest BCUT2D eigenvalue weighted by molar-refractivity contribution is 5.91. The molecule has 1 heterocycles. The molecule has 6 heteroatoms. The third-order valence-electron chi connectivity index (χ3n) is 3.88. The summed E-state index contributed by atoms with van der Waals surface area (Å²) >= 11 is 0. The van der Waals surface area contributed by atoms with E-state index in [1.807, 2.05) is 6.07 Å². The van der Waals surface area contributed by atoms with Gasteiger partial charge in [0, 0.05) is 5.56 Å². The molecule has 0 bridgehead atoms. The van der Waals surface area contributed by atoms with Crippen LogP contribution in [0, 0.1) is 26.6 Å². The quantitative estimate of drug-likeness (QED) is 0.782. The lowest BCUT2D eigenvalue weighted by Crippen LogP contribution is -2.01. The van der Waals surface area contributed by atoms with Crippen molar-refractivity contribution in [1.82, 2.24) is 10.1 Å². The summed E-state index contributed by atoms with van der Waals surface area (Å²) < 4.78 is 19.5. The minimum absolute atomic E-state index is 0.0696. The largest absolute Gasteiger partial charge is 0.478 e. The van der Waals surface area contributed by atoms with E-state index in [-0.39, 0.29) is 22.8 Å². The Bertz CT molecular complexity index is 924. The summed E-state index contributed by atoms with van der Waals surface area (Å²) in [6.45, 7) is 5.25. The molecule has 0 aliphatic rings. The van der Waals surface area contributed by atoms with E-state index in [1.54, 1.807) is 32.9 Å². The van der Waals surface area contributed by atoms with Crippen molar-refractivity contribution in [3.05, 3.63) is 58.4 Å². The monoisotopic (exact) mass is 326 g/mol. The van der Waals surface area contributed by atoms with Crippen molar-refractivity contribution in [1.29, 1.82) is 0 Å². The van der Waals surface area contributed by atoms with E-state index in [0.29, 0.717) is 16.7 Å². The highest BCUT2D eigenvalue weighted by atomic mass is 19.1. The summed E-state index contributed by atoms with van der Waals surface area (Å²) in [7, 11) is 0. The van der Waals surface area contributed by atoms with Crippen LogP contribution < -0.4 is 0 Å². The Labute approximate surface area is 137 Å². The van der Waals surface area contributed by atoms with Gasteiger partial charge in [-0.25, -0.2) is 9.18 Å². The van der Waals surface area contributed by atoms with Crippen LogP contribution in [0.25, 0.3) is 22.8 Å². The van der Waals surface area contributed by atoms with Gasteiger partial charge in [0.05, 0.1) is 11.1 Å². The summed E-state index contributed by atoms with van der Waals surface area (Å²) in [5, 5.41) is 13.1. The molecule has 0 aliphatic heterocycles. The average molecular weight is 326 g/mol. The molecule has 0 amide bonds. The van der Waals surface area contributed by atoms with E-state index in [4.69, 9.17) is 4.52 Å². The molecule has 0 spiro atoms. The lowest BCUT2D eigenvalue weighted by molar-refractivity contribution is 0.0696. The summed E-state index contributed by atoms with van der Waals surface area (Å²) in [6, 6.07) is 8.06. The Hall–Kier alpha value is -3.02. The number of carboxylic acid groups (broad SMARTS) is 1. The molecular weight excluding hydrogens is 311 g/mol. The molecule has 2 aromatic carbocycles. The predicted octanol–water partition coefficient (Wildman–Crippen LogP) is 4.17. The maximum absolute atomic E-state index is 14.3. The maximum atomic E-state index is 14.3. The minimum Gasteiger partial charge on any atom is -0.478 e. The van der Waals surface area contributed by atoms with Crippen molar-refractivity contribution in [2.45, 2.75) is 20.8 Å². The van der Waals surface area contributed by atoms with Crippen LogP contribution in [0.1, 0.15) is 27.0 Å². The zero-order valence-electron chi connectivity index (χ0n) is 13.4. The van der Waals surface area contributed by atoms with Crippen molar-refractivity contribution in [3.8, 4) is 22.8 Å². The molecule has 0 fully saturated rings. The number of aromatic carboxylic acids is 1. The number of rotatable bonds is 3. The predicted molar refractivity (Wildman–Crippen MR) is 86.3 cm³/mol. The third kappa shape index (κ3) is 2.67. The van der Waals surface area contributed by atoms with Crippen molar-refractivity contribution in [3.63, 3.8) is 0 Å². The minimum atomic E-state index is -1.03. The first-order valence-electron chi connectivity index (χ1n) is 7.32. The van der Waals surface area contributed by atoms with Gasteiger partial charge in [-0.15, -0.1) is 0 Å². The molecule has 0 unspecified atom stereocenters. The van der Waals surface area contributed by atoms with Gasteiger partial charge in [0.2, 0.25) is 5.82 Å². The van der Waals surface area contributed by atoms with Gasteiger partial charge in [-0.05, 0) is 49.6 Å². The number of nitrogens with zero attached hydrogens (tertiary/aromatic N) is 2. The zero-order chi connectivity index (χ0) is 17.4. The second-order valence-electron chi connectivity index (χ2n) is 5.65. The highest BCUT2D eigenvalue weighted by Crippen LogP contribution is 2.30. The van der Waals surface area contributed by atoms with Crippen LogP contribution >= 0.6 is 0 Å². The molecule has 24 heavy (non-hydrogen) atoms. The normalized spacial score (nSPS) is 10.8. The number of benzene rings is 2. The second-order valence-corrected chi connectivity index (χ2v) is 5.65. The highest BCUT2D eigenvalue weighted by Gasteiger charge is 2.19. The Morgan fingerprint density at radius 3 is 2.62 bits per heavy atom. The molecule has 0 atom stereocenters. The van der Waals surface area contributed by atoms with Crippen LogP contribution in [0.3, 0.4) is 0 Å². The molecule has 0 radical (unpaired) electrons. The Kier molecular flexibility index (Phi) is 3.89. The summed E-state index contributed by atoms with van der Waals surface area (Å²) in [5.41, 5.74) is 2.98. The van der Waals surface area contributed by atoms with E-state index in [9.17, 15) is 14.3 Å².